The molecule has 0 aliphatic carbocycles. The summed E-state index contributed by atoms with van der Waals surface area (Å²) in [7, 11) is 1.61. The lowest BCUT2D eigenvalue weighted by Gasteiger charge is -2.23. The zero-order valence-corrected chi connectivity index (χ0v) is 11.3. The Labute approximate surface area is 117 Å². The van der Waals surface area contributed by atoms with Crippen molar-refractivity contribution in [1.29, 1.82) is 0 Å². The number of benzene rings is 1. The molecule has 2 heterocycles. The van der Waals surface area contributed by atoms with Crippen molar-refractivity contribution in [2.24, 2.45) is 0 Å². The first kappa shape index (κ1) is 12.7. The molecule has 0 radical (unpaired) electrons. The topological polar surface area (TPSA) is 65.2 Å². The Morgan fingerprint density at radius 3 is 3.00 bits per heavy atom. The molecule has 0 bridgehead atoms. The highest BCUT2D eigenvalue weighted by Crippen LogP contribution is 2.24. The van der Waals surface area contributed by atoms with E-state index in [2.05, 4.69) is 10.3 Å². The first-order valence-corrected chi connectivity index (χ1v) is 6.81. The Balaban J connectivity index is 1.96. The molecule has 2 amide bonds. The van der Waals surface area contributed by atoms with Gasteiger partial charge in [0, 0.05) is 36.3 Å². The maximum atomic E-state index is 12.7. The van der Waals surface area contributed by atoms with E-state index in [4.69, 9.17) is 0 Å². The highest BCUT2D eigenvalue weighted by atomic mass is 16.2. The minimum absolute atomic E-state index is 0.0682. The van der Waals surface area contributed by atoms with E-state index in [0.29, 0.717) is 12.1 Å². The lowest BCUT2D eigenvalue weighted by Crippen LogP contribution is -2.44. The number of fused-ring (bicyclic) bond motifs is 1. The number of nitrogens with one attached hydrogen (secondary N) is 2. The number of aromatic amines is 1. The van der Waals surface area contributed by atoms with Gasteiger partial charge >= 0.3 is 0 Å². The van der Waals surface area contributed by atoms with Crippen LogP contribution in [0.5, 0.6) is 0 Å². The van der Waals surface area contributed by atoms with Crippen LogP contribution in [0.1, 0.15) is 23.2 Å². The molecule has 1 aliphatic heterocycles. The number of carbonyl (C=O) groups excluding carboxylic acids is 2. The number of rotatable bonds is 2. The van der Waals surface area contributed by atoms with Crippen molar-refractivity contribution in [3.63, 3.8) is 0 Å². The summed E-state index contributed by atoms with van der Waals surface area (Å²) in [5.74, 6) is -0.154. The fourth-order valence-corrected chi connectivity index (χ4v) is 2.88. The Kier molecular flexibility index (Phi) is 3.18. The summed E-state index contributed by atoms with van der Waals surface area (Å²) in [6.45, 7) is 0.637. The van der Waals surface area contributed by atoms with Crippen LogP contribution in [0, 0.1) is 0 Å². The van der Waals surface area contributed by atoms with Gasteiger partial charge in [-0.1, -0.05) is 6.07 Å². The third kappa shape index (κ3) is 1.95. The normalized spacial score (nSPS) is 18.4. The molecule has 104 valence electrons. The van der Waals surface area contributed by atoms with Crippen LogP contribution >= 0.6 is 0 Å². The Bertz CT molecular complexity index is 662. The molecular weight excluding hydrogens is 254 g/mol. The van der Waals surface area contributed by atoms with Gasteiger partial charge in [0.05, 0.1) is 0 Å². The Morgan fingerprint density at radius 1 is 1.35 bits per heavy atom. The van der Waals surface area contributed by atoms with Gasteiger partial charge in [-0.05, 0) is 31.0 Å². The van der Waals surface area contributed by atoms with E-state index in [9.17, 15) is 9.59 Å². The molecule has 1 aliphatic rings. The van der Waals surface area contributed by atoms with Crippen LogP contribution in [0.25, 0.3) is 10.9 Å². The fraction of sp³-hybridized carbons (Fsp3) is 0.333. The molecule has 1 atom stereocenters. The molecule has 20 heavy (non-hydrogen) atoms. The van der Waals surface area contributed by atoms with Crippen molar-refractivity contribution in [2.45, 2.75) is 18.9 Å². The van der Waals surface area contributed by atoms with Gasteiger partial charge in [0.15, 0.2) is 0 Å². The van der Waals surface area contributed by atoms with E-state index in [-0.39, 0.29) is 17.9 Å². The highest BCUT2D eigenvalue weighted by Gasteiger charge is 2.34. The Hall–Kier alpha value is -2.30. The van der Waals surface area contributed by atoms with Crippen LogP contribution in [0.2, 0.25) is 0 Å². The number of H-pyrrole nitrogens is 1. The molecule has 5 nitrogen and oxygen atoms in total. The van der Waals surface area contributed by atoms with Crippen molar-refractivity contribution in [3.8, 4) is 0 Å². The van der Waals surface area contributed by atoms with E-state index in [1.165, 1.54) is 0 Å². The number of hydrogen-bond acceptors (Lipinski definition) is 2. The number of aromatic nitrogens is 1. The fourth-order valence-electron chi connectivity index (χ4n) is 2.88. The average Bonchev–Trinajstić information content (AvgIpc) is 3.13. The monoisotopic (exact) mass is 271 g/mol. The van der Waals surface area contributed by atoms with E-state index >= 15 is 0 Å². The number of likely N-dealkylation sites (N-methyl/N-ethyl adjacent to an activating group) is 1. The van der Waals surface area contributed by atoms with Crippen molar-refractivity contribution >= 4 is 22.7 Å². The molecule has 1 saturated heterocycles. The SMILES string of the molecule is CNC(=O)C1CCCN1C(=O)c1cccc2[nH]ccc12. The van der Waals surface area contributed by atoms with E-state index < -0.39 is 0 Å². The van der Waals surface area contributed by atoms with Crippen molar-refractivity contribution in [2.75, 3.05) is 13.6 Å². The largest absolute Gasteiger partial charge is 0.361 e. The Morgan fingerprint density at radius 2 is 2.20 bits per heavy atom. The zero-order valence-electron chi connectivity index (χ0n) is 11.3. The summed E-state index contributed by atoms with van der Waals surface area (Å²) in [5.41, 5.74) is 1.59. The summed E-state index contributed by atoms with van der Waals surface area (Å²) in [6.07, 6.45) is 3.42. The second-order valence-corrected chi connectivity index (χ2v) is 5.02. The van der Waals surface area contributed by atoms with Gasteiger partial charge in [-0.3, -0.25) is 9.59 Å². The number of nitrogens with zero attached hydrogens (tertiary/aromatic N) is 1. The third-order valence-electron chi connectivity index (χ3n) is 3.89. The maximum absolute atomic E-state index is 12.7. The minimum atomic E-state index is -0.346. The first-order chi connectivity index (χ1) is 9.72. The number of carbonyl (C=O) groups is 2. The summed E-state index contributed by atoms with van der Waals surface area (Å²) in [5, 5.41) is 3.54. The van der Waals surface area contributed by atoms with Gasteiger partial charge in [0.2, 0.25) is 5.91 Å². The van der Waals surface area contributed by atoms with Crippen LogP contribution in [-0.4, -0.2) is 41.3 Å². The summed E-state index contributed by atoms with van der Waals surface area (Å²) >= 11 is 0. The molecule has 2 N–H and O–H groups in total. The molecule has 0 spiro atoms. The molecule has 1 fully saturated rings. The molecular formula is C15H17N3O2. The molecule has 5 heteroatoms. The van der Waals surface area contributed by atoms with Gasteiger partial charge < -0.3 is 15.2 Å². The van der Waals surface area contributed by atoms with E-state index in [1.54, 1.807) is 11.9 Å². The lowest BCUT2D eigenvalue weighted by molar-refractivity contribution is -0.124. The van der Waals surface area contributed by atoms with E-state index in [0.717, 1.165) is 23.7 Å². The highest BCUT2D eigenvalue weighted by molar-refractivity contribution is 6.07. The molecule has 0 saturated carbocycles. The standard InChI is InChI=1S/C15H17N3O2/c1-16-14(19)13-6-3-9-18(13)15(20)11-4-2-5-12-10(11)7-8-17-12/h2,4-5,7-8,13,17H,3,6,9H2,1H3,(H,16,19). The second kappa shape index (κ2) is 5.00. The molecule has 1 aromatic carbocycles. The quantitative estimate of drug-likeness (QED) is 0.869. The molecule has 3 rings (SSSR count). The first-order valence-electron chi connectivity index (χ1n) is 6.81. The van der Waals surface area contributed by atoms with E-state index in [1.807, 2.05) is 30.5 Å². The van der Waals surface area contributed by atoms with Crippen LogP contribution in [0.3, 0.4) is 0 Å². The van der Waals surface area contributed by atoms with Gasteiger partial charge in [-0.15, -0.1) is 0 Å². The van der Waals surface area contributed by atoms with Crippen LogP contribution in [-0.2, 0) is 4.79 Å². The second-order valence-electron chi connectivity index (χ2n) is 5.02. The number of amides is 2. The van der Waals surface area contributed by atoms with Crippen LogP contribution < -0.4 is 5.32 Å². The predicted octanol–water partition coefficient (Wildman–Crippen LogP) is 1.52. The van der Waals surface area contributed by atoms with Gasteiger partial charge in [0.1, 0.15) is 6.04 Å². The van der Waals surface area contributed by atoms with Crippen molar-refractivity contribution < 1.29 is 9.59 Å². The maximum Gasteiger partial charge on any atom is 0.255 e. The molecule has 2 aromatic rings. The third-order valence-corrected chi connectivity index (χ3v) is 3.89. The predicted molar refractivity (Wildman–Crippen MR) is 76.4 cm³/mol. The average molecular weight is 271 g/mol. The summed E-state index contributed by atoms with van der Waals surface area (Å²) in [4.78, 5) is 29.4. The minimum Gasteiger partial charge on any atom is -0.361 e. The van der Waals surface area contributed by atoms with Gasteiger partial charge in [-0.2, -0.15) is 0 Å². The van der Waals surface area contributed by atoms with Crippen molar-refractivity contribution in [3.05, 3.63) is 36.0 Å². The summed E-state index contributed by atoms with van der Waals surface area (Å²) in [6, 6.07) is 7.16. The van der Waals surface area contributed by atoms with Crippen molar-refractivity contribution in [1.82, 2.24) is 15.2 Å². The summed E-state index contributed by atoms with van der Waals surface area (Å²) < 4.78 is 0. The number of hydrogen-bond donors (Lipinski definition) is 2. The number of likely N-dealkylation sites (tertiary alicyclic amines) is 1. The van der Waals surface area contributed by atoms with Gasteiger partial charge in [-0.25, -0.2) is 0 Å². The van der Waals surface area contributed by atoms with Gasteiger partial charge in [0.25, 0.3) is 5.91 Å². The van der Waals surface area contributed by atoms with Crippen LogP contribution in [0.4, 0.5) is 0 Å². The smallest absolute Gasteiger partial charge is 0.255 e. The molecule has 1 aromatic heterocycles. The lowest BCUT2D eigenvalue weighted by atomic mass is 10.1. The van der Waals surface area contributed by atoms with Crippen LogP contribution in [0.15, 0.2) is 30.5 Å². The molecule has 1 unspecified atom stereocenters. The zero-order chi connectivity index (χ0) is 14.1.